The van der Waals surface area contributed by atoms with Crippen LogP contribution in [0.15, 0.2) is 54.7 Å². The zero-order valence-electron chi connectivity index (χ0n) is 28.9. The largest absolute Gasteiger partial charge is 0.464 e. The van der Waals surface area contributed by atoms with E-state index in [9.17, 15) is 18.9 Å². The molecular formula is C34H46FN4O10P. The first-order valence-electron chi connectivity index (χ1n) is 16.7. The summed E-state index contributed by atoms with van der Waals surface area (Å²) in [6.07, 6.45) is -1.31. The standard InChI is InChI=1S/C34H46FN4O10P/c1-6-23(7-2)19-44-33(42)22(5)38-50(43,49-24-13-11-10-12-14-24)45-21-34(20-35)32(47-29(41)9-4)31(46-28(40)8-3)30(48-34)27-16-15-26-25(36)17-18-37-39(26)27/h10-18,22-23,30-32H,6-9,19-21,36H2,1-5H3,(H,38,43)/t22-,30-,31-,32-,34+,50-/m0/s1. The van der Waals surface area contributed by atoms with Crippen molar-refractivity contribution in [3.05, 3.63) is 60.4 Å². The number of nitrogens with one attached hydrogen (secondary N) is 1. The minimum Gasteiger partial charge on any atom is -0.464 e. The number of rotatable bonds is 18. The molecule has 3 N–H and O–H groups in total. The Balaban J connectivity index is 1.72. The Kier molecular flexibility index (Phi) is 13.4. The molecule has 0 spiro atoms. The molecule has 0 bridgehead atoms. The van der Waals surface area contributed by atoms with E-state index < -0.39 is 68.9 Å². The van der Waals surface area contributed by atoms with Crippen LogP contribution in [0, 0.1) is 5.92 Å². The van der Waals surface area contributed by atoms with Gasteiger partial charge in [0.2, 0.25) is 0 Å². The fraction of sp³-hybridized carbons (Fsp3) is 0.529. The van der Waals surface area contributed by atoms with Gasteiger partial charge in [0, 0.05) is 19.0 Å². The topological polar surface area (TPSA) is 179 Å². The first kappa shape index (κ1) is 38.8. The Bertz CT molecular complexity index is 1660. The summed E-state index contributed by atoms with van der Waals surface area (Å²) in [7, 11) is -4.55. The molecule has 0 radical (unpaired) electrons. The molecule has 50 heavy (non-hydrogen) atoms. The third-order valence-corrected chi connectivity index (χ3v) is 10.1. The number of esters is 3. The molecular weight excluding hydrogens is 674 g/mol. The van der Waals surface area contributed by atoms with Crippen LogP contribution in [0.3, 0.4) is 0 Å². The maximum absolute atomic E-state index is 15.6. The Morgan fingerprint density at radius 3 is 2.36 bits per heavy atom. The smallest absolute Gasteiger partial charge is 0.459 e. The van der Waals surface area contributed by atoms with E-state index in [1.807, 2.05) is 13.8 Å². The molecule has 16 heteroatoms. The first-order chi connectivity index (χ1) is 23.9. The zero-order valence-corrected chi connectivity index (χ0v) is 29.8. The lowest BCUT2D eigenvalue weighted by molar-refractivity contribution is -0.174. The third kappa shape index (κ3) is 9.00. The van der Waals surface area contributed by atoms with Gasteiger partial charge in [0.1, 0.15) is 24.6 Å². The summed E-state index contributed by atoms with van der Waals surface area (Å²) in [6.45, 7) is 6.49. The molecule has 0 unspecified atom stereocenters. The van der Waals surface area contributed by atoms with E-state index in [-0.39, 0.29) is 31.1 Å². The van der Waals surface area contributed by atoms with E-state index in [1.54, 1.807) is 50.2 Å². The number of carbonyl (C=O) groups excluding carboxylic acids is 3. The van der Waals surface area contributed by atoms with Crippen LogP contribution in [-0.2, 0) is 42.4 Å². The normalized spacial score (nSPS) is 22.2. The maximum atomic E-state index is 15.6. The Morgan fingerprint density at radius 1 is 1.04 bits per heavy atom. The molecule has 0 amide bonds. The highest BCUT2D eigenvalue weighted by Crippen LogP contribution is 2.50. The molecule has 1 saturated heterocycles. The number of alkyl halides is 1. The number of carbonyl (C=O) groups is 3. The number of hydrogen-bond acceptors (Lipinski definition) is 12. The van der Waals surface area contributed by atoms with Crippen molar-refractivity contribution < 1.29 is 51.3 Å². The van der Waals surface area contributed by atoms with Gasteiger partial charge >= 0.3 is 25.7 Å². The third-order valence-electron chi connectivity index (χ3n) is 8.48. The van der Waals surface area contributed by atoms with Gasteiger partial charge in [0.05, 0.1) is 30.1 Å². The summed E-state index contributed by atoms with van der Waals surface area (Å²) in [6, 6.07) is 11.7. The van der Waals surface area contributed by atoms with Crippen molar-refractivity contribution >= 4 is 36.9 Å². The number of para-hydroxylation sites is 1. The minimum atomic E-state index is -4.55. The van der Waals surface area contributed by atoms with E-state index >= 15 is 4.39 Å². The minimum absolute atomic E-state index is 0.0494. The lowest BCUT2D eigenvalue weighted by atomic mass is 9.95. The molecule has 6 atom stereocenters. The summed E-state index contributed by atoms with van der Waals surface area (Å²) in [4.78, 5) is 38.5. The van der Waals surface area contributed by atoms with Gasteiger partial charge in [-0.1, -0.05) is 58.7 Å². The SMILES string of the molecule is CCC(=O)O[C@H]1[C@H](c2ccc3c(N)ccnn23)O[C@](CF)(CO[P@@](=O)(N[C@@H](C)C(=O)OCC(CC)CC)Oc2ccccc2)[C@H]1OC(=O)CC. The molecule has 1 aliphatic rings. The maximum Gasteiger partial charge on any atom is 0.459 e. The van der Waals surface area contributed by atoms with Crippen LogP contribution in [0.2, 0.25) is 0 Å². The lowest BCUT2D eigenvalue weighted by Gasteiger charge is -2.33. The van der Waals surface area contributed by atoms with Crippen LogP contribution in [-0.4, -0.2) is 71.3 Å². The van der Waals surface area contributed by atoms with Gasteiger partial charge in [-0.05, 0) is 43.2 Å². The number of halogens is 1. The second-order valence-corrected chi connectivity index (χ2v) is 13.7. The molecule has 3 heterocycles. The van der Waals surface area contributed by atoms with Crippen molar-refractivity contribution in [2.24, 2.45) is 5.92 Å². The molecule has 2 aromatic heterocycles. The van der Waals surface area contributed by atoms with Crippen molar-refractivity contribution in [2.75, 3.05) is 25.6 Å². The molecule has 1 aromatic carbocycles. The Morgan fingerprint density at radius 2 is 1.72 bits per heavy atom. The van der Waals surface area contributed by atoms with Crippen LogP contribution < -0.4 is 15.3 Å². The fourth-order valence-electron chi connectivity index (χ4n) is 5.41. The lowest BCUT2D eigenvalue weighted by Crippen LogP contribution is -2.52. The van der Waals surface area contributed by atoms with E-state index in [0.29, 0.717) is 16.9 Å². The van der Waals surface area contributed by atoms with Gasteiger partial charge in [-0.2, -0.15) is 10.2 Å². The van der Waals surface area contributed by atoms with E-state index in [1.165, 1.54) is 29.8 Å². The van der Waals surface area contributed by atoms with Crippen molar-refractivity contribution in [3.8, 4) is 5.75 Å². The first-order valence-corrected chi connectivity index (χ1v) is 18.3. The number of aromatic nitrogens is 2. The molecule has 1 aliphatic heterocycles. The molecule has 274 valence electrons. The predicted molar refractivity (Wildman–Crippen MR) is 181 cm³/mol. The number of fused-ring (bicyclic) bond motifs is 1. The van der Waals surface area contributed by atoms with E-state index in [0.717, 1.165) is 12.8 Å². The zero-order chi connectivity index (χ0) is 36.5. The number of ether oxygens (including phenoxy) is 4. The average molecular weight is 721 g/mol. The Hall–Kier alpha value is -4.04. The quantitative estimate of drug-likeness (QED) is 0.0957. The van der Waals surface area contributed by atoms with Gasteiger partial charge in [-0.15, -0.1) is 0 Å². The summed E-state index contributed by atoms with van der Waals surface area (Å²) in [5.74, 6) is -1.86. The number of anilines is 1. The van der Waals surface area contributed by atoms with Gasteiger partial charge < -0.3 is 29.2 Å². The van der Waals surface area contributed by atoms with Gasteiger partial charge in [0.25, 0.3) is 0 Å². The van der Waals surface area contributed by atoms with E-state index in [4.69, 9.17) is 33.7 Å². The van der Waals surface area contributed by atoms with Gasteiger partial charge in [0.15, 0.2) is 17.8 Å². The van der Waals surface area contributed by atoms with Crippen molar-refractivity contribution in [1.29, 1.82) is 0 Å². The fourth-order valence-corrected chi connectivity index (χ4v) is 6.96. The number of nitrogens with zero attached hydrogens (tertiary/aromatic N) is 2. The second-order valence-electron chi connectivity index (χ2n) is 12.0. The number of nitrogens with two attached hydrogens (primary N) is 1. The second kappa shape index (κ2) is 17.3. The van der Waals surface area contributed by atoms with Crippen LogP contribution in [0.1, 0.15) is 72.1 Å². The van der Waals surface area contributed by atoms with Gasteiger partial charge in [-0.3, -0.25) is 18.9 Å². The summed E-state index contributed by atoms with van der Waals surface area (Å²) in [5, 5.41) is 6.93. The van der Waals surface area contributed by atoms with Crippen molar-refractivity contribution in [3.63, 3.8) is 0 Å². The highest BCUT2D eigenvalue weighted by Gasteiger charge is 2.61. The van der Waals surface area contributed by atoms with Crippen LogP contribution in [0.4, 0.5) is 10.1 Å². The van der Waals surface area contributed by atoms with E-state index in [2.05, 4.69) is 10.2 Å². The molecule has 4 rings (SSSR count). The molecule has 0 saturated carbocycles. The molecule has 1 fully saturated rings. The van der Waals surface area contributed by atoms with Crippen LogP contribution in [0.25, 0.3) is 5.52 Å². The number of nitrogen functional groups attached to an aromatic ring is 1. The highest BCUT2D eigenvalue weighted by atomic mass is 31.2. The monoisotopic (exact) mass is 720 g/mol. The summed E-state index contributed by atoms with van der Waals surface area (Å²) < 4.78 is 66.4. The molecule has 0 aliphatic carbocycles. The number of hydrogen-bond donors (Lipinski definition) is 2. The van der Waals surface area contributed by atoms with Gasteiger partial charge in [-0.25, -0.2) is 13.5 Å². The predicted octanol–water partition coefficient (Wildman–Crippen LogP) is 5.50. The average Bonchev–Trinajstić information content (AvgIpc) is 3.68. The van der Waals surface area contributed by atoms with Crippen LogP contribution in [0.5, 0.6) is 5.75 Å². The highest BCUT2D eigenvalue weighted by molar-refractivity contribution is 7.52. The Labute approximate surface area is 290 Å². The van der Waals surface area contributed by atoms with Crippen molar-refractivity contribution in [2.45, 2.75) is 90.3 Å². The molecule has 3 aromatic rings. The number of benzene rings is 1. The van der Waals surface area contributed by atoms with Crippen LogP contribution >= 0.6 is 7.75 Å². The summed E-state index contributed by atoms with van der Waals surface area (Å²) >= 11 is 0. The molecule has 14 nitrogen and oxygen atoms in total. The van der Waals surface area contributed by atoms with Crippen molar-refractivity contribution in [1.82, 2.24) is 14.7 Å². The summed E-state index contributed by atoms with van der Waals surface area (Å²) in [5.41, 5.74) is 5.15.